The van der Waals surface area contributed by atoms with E-state index in [4.69, 9.17) is 11.6 Å². The zero-order valence-electron chi connectivity index (χ0n) is 17.4. The van der Waals surface area contributed by atoms with Gasteiger partial charge in [-0.3, -0.25) is 4.79 Å². The van der Waals surface area contributed by atoms with Crippen LogP contribution in [-0.2, 0) is 6.54 Å². The summed E-state index contributed by atoms with van der Waals surface area (Å²) in [7, 11) is 1.67. The van der Waals surface area contributed by atoms with E-state index in [0.717, 1.165) is 16.5 Å². The third-order valence-electron chi connectivity index (χ3n) is 5.41. The summed E-state index contributed by atoms with van der Waals surface area (Å²) in [5, 5.41) is 10.7. The number of halogens is 2. The van der Waals surface area contributed by atoms with Crippen molar-refractivity contribution < 1.29 is 19.1 Å². The molecule has 0 saturated carbocycles. The van der Waals surface area contributed by atoms with E-state index >= 15 is 0 Å². The number of carboxylic acids is 1. The zero-order valence-corrected chi connectivity index (χ0v) is 18.2. The van der Waals surface area contributed by atoms with Gasteiger partial charge in [0.15, 0.2) is 0 Å². The monoisotopic (exact) mass is 450 g/mol. The van der Waals surface area contributed by atoms with Gasteiger partial charge >= 0.3 is 5.97 Å². The maximum absolute atomic E-state index is 14.1. The molecular formula is C25H20ClFN2O3. The molecule has 0 aliphatic carbocycles. The van der Waals surface area contributed by atoms with Crippen LogP contribution in [0.15, 0.2) is 60.7 Å². The fourth-order valence-corrected chi connectivity index (χ4v) is 3.95. The Morgan fingerprint density at radius 1 is 1.06 bits per heavy atom. The summed E-state index contributed by atoms with van der Waals surface area (Å²) >= 11 is 6.03. The molecule has 0 saturated heterocycles. The van der Waals surface area contributed by atoms with E-state index in [-0.39, 0.29) is 18.0 Å². The van der Waals surface area contributed by atoms with Crippen LogP contribution in [0.1, 0.15) is 32.0 Å². The second-order valence-electron chi connectivity index (χ2n) is 7.71. The topological polar surface area (TPSA) is 73.4 Å². The van der Waals surface area contributed by atoms with Crippen molar-refractivity contribution in [1.29, 1.82) is 0 Å². The Balaban J connectivity index is 1.64. The SMILES string of the molecule is Cc1cc(-c2cc(F)ccc2CN(C)C(=O)c2cc3ccc(Cl)cc3[nH]2)ccc1C(=O)O. The van der Waals surface area contributed by atoms with Crippen molar-refractivity contribution in [2.75, 3.05) is 7.05 Å². The second-order valence-corrected chi connectivity index (χ2v) is 8.15. The fraction of sp³-hybridized carbons (Fsp3) is 0.120. The average Bonchev–Trinajstić information content (AvgIpc) is 3.17. The highest BCUT2D eigenvalue weighted by Gasteiger charge is 2.18. The predicted molar refractivity (Wildman–Crippen MR) is 123 cm³/mol. The summed E-state index contributed by atoms with van der Waals surface area (Å²) in [6, 6.07) is 16.4. The smallest absolute Gasteiger partial charge is 0.335 e. The molecule has 4 rings (SSSR count). The Labute approximate surface area is 189 Å². The molecule has 0 spiro atoms. The largest absolute Gasteiger partial charge is 0.478 e. The van der Waals surface area contributed by atoms with E-state index in [1.54, 1.807) is 55.3 Å². The standard InChI is InChI=1S/C25H20ClFN2O3/c1-14-9-15(5-8-20(14)25(31)32)21-12-19(27)7-4-17(21)13-29(2)24(30)23-10-16-3-6-18(26)11-22(16)28-23/h3-12,28H,13H2,1-2H3,(H,31,32). The van der Waals surface area contributed by atoms with Crippen molar-refractivity contribution in [1.82, 2.24) is 9.88 Å². The summed E-state index contributed by atoms with van der Waals surface area (Å²) in [4.78, 5) is 29.0. The van der Waals surface area contributed by atoms with Crippen LogP contribution in [0.4, 0.5) is 4.39 Å². The van der Waals surface area contributed by atoms with Crippen LogP contribution in [-0.4, -0.2) is 33.9 Å². The number of amides is 1. The minimum Gasteiger partial charge on any atom is -0.478 e. The van der Waals surface area contributed by atoms with Crippen molar-refractivity contribution in [3.8, 4) is 11.1 Å². The number of aromatic carboxylic acids is 1. The number of rotatable bonds is 5. The number of fused-ring (bicyclic) bond motifs is 1. The van der Waals surface area contributed by atoms with E-state index < -0.39 is 11.8 Å². The normalized spacial score (nSPS) is 11.0. The Morgan fingerprint density at radius 2 is 1.84 bits per heavy atom. The third kappa shape index (κ3) is 4.22. The van der Waals surface area contributed by atoms with Gasteiger partial charge in [0.05, 0.1) is 5.56 Å². The van der Waals surface area contributed by atoms with Gasteiger partial charge < -0.3 is 15.0 Å². The molecule has 5 nitrogen and oxygen atoms in total. The highest BCUT2D eigenvalue weighted by atomic mass is 35.5. The Kier molecular flexibility index (Phi) is 5.72. The van der Waals surface area contributed by atoms with Gasteiger partial charge in [-0.25, -0.2) is 9.18 Å². The van der Waals surface area contributed by atoms with E-state index in [9.17, 15) is 19.1 Å². The van der Waals surface area contributed by atoms with Crippen LogP contribution in [0.2, 0.25) is 5.02 Å². The molecule has 1 heterocycles. The average molecular weight is 451 g/mol. The molecule has 0 bridgehead atoms. The molecule has 0 atom stereocenters. The minimum atomic E-state index is -1.02. The second kappa shape index (κ2) is 8.48. The van der Waals surface area contributed by atoms with Crippen molar-refractivity contribution in [2.24, 2.45) is 0 Å². The summed E-state index contributed by atoms with van der Waals surface area (Å²) in [6.07, 6.45) is 0. The molecule has 1 aromatic heterocycles. The Hall–Kier alpha value is -3.64. The first kappa shape index (κ1) is 21.6. The van der Waals surface area contributed by atoms with Crippen LogP contribution in [0.25, 0.3) is 22.0 Å². The van der Waals surface area contributed by atoms with Gasteiger partial charge in [-0.15, -0.1) is 0 Å². The molecular weight excluding hydrogens is 431 g/mol. The number of aromatic amines is 1. The molecule has 0 aliphatic rings. The van der Waals surface area contributed by atoms with Crippen LogP contribution in [0, 0.1) is 12.7 Å². The lowest BCUT2D eigenvalue weighted by Crippen LogP contribution is -2.26. The summed E-state index contributed by atoms with van der Waals surface area (Å²) in [5.41, 5.74) is 3.99. The molecule has 0 unspecified atom stereocenters. The molecule has 4 aromatic rings. The minimum absolute atomic E-state index is 0.193. The van der Waals surface area contributed by atoms with Gasteiger partial charge in [-0.1, -0.05) is 35.9 Å². The summed E-state index contributed by atoms with van der Waals surface area (Å²) in [5.74, 6) is -1.64. The molecule has 162 valence electrons. The highest BCUT2D eigenvalue weighted by molar-refractivity contribution is 6.31. The fourth-order valence-electron chi connectivity index (χ4n) is 3.77. The van der Waals surface area contributed by atoms with Crippen molar-refractivity contribution in [3.63, 3.8) is 0 Å². The van der Waals surface area contributed by atoms with Crippen molar-refractivity contribution in [3.05, 3.63) is 93.9 Å². The van der Waals surface area contributed by atoms with Gasteiger partial charge in [-0.05, 0) is 65.6 Å². The number of carbonyl (C=O) groups is 2. The van der Waals surface area contributed by atoms with Crippen molar-refractivity contribution >= 4 is 34.4 Å². The number of hydrogen-bond donors (Lipinski definition) is 2. The van der Waals surface area contributed by atoms with Gasteiger partial charge in [0.25, 0.3) is 5.91 Å². The van der Waals surface area contributed by atoms with Crippen LogP contribution in [0.5, 0.6) is 0 Å². The summed E-state index contributed by atoms with van der Waals surface area (Å²) in [6.45, 7) is 1.94. The summed E-state index contributed by atoms with van der Waals surface area (Å²) < 4.78 is 14.1. The third-order valence-corrected chi connectivity index (χ3v) is 5.64. The predicted octanol–water partition coefficient (Wildman–Crippen LogP) is 5.91. The maximum atomic E-state index is 14.1. The number of H-pyrrole nitrogens is 1. The van der Waals surface area contributed by atoms with Crippen molar-refractivity contribution in [2.45, 2.75) is 13.5 Å². The van der Waals surface area contributed by atoms with Crippen LogP contribution in [0.3, 0.4) is 0 Å². The number of hydrogen-bond acceptors (Lipinski definition) is 2. The van der Waals surface area contributed by atoms with Gasteiger partial charge in [0.1, 0.15) is 11.5 Å². The number of nitrogens with one attached hydrogen (secondary N) is 1. The zero-order chi connectivity index (χ0) is 23.0. The number of nitrogens with zero attached hydrogens (tertiary/aromatic N) is 1. The molecule has 0 aliphatic heterocycles. The molecule has 3 aromatic carbocycles. The Bertz CT molecular complexity index is 1360. The van der Waals surface area contributed by atoms with Crippen LogP contribution >= 0.6 is 11.6 Å². The van der Waals surface area contributed by atoms with E-state index in [1.165, 1.54) is 18.2 Å². The quantitative estimate of drug-likeness (QED) is 0.397. The molecule has 2 N–H and O–H groups in total. The molecule has 0 fully saturated rings. The number of aryl methyl sites for hydroxylation is 1. The first-order valence-corrected chi connectivity index (χ1v) is 10.3. The lowest BCUT2D eigenvalue weighted by Gasteiger charge is -2.19. The molecule has 32 heavy (non-hydrogen) atoms. The Morgan fingerprint density at radius 3 is 2.56 bits per heavy atom. The van der Waals surface area contributed by atoms with Gasteiger partial charge in [-0.2, -0.15) is 0 Å². The number of benzene rings is 3. The number of carbonyl (C=O) groups excluding carboxylic acids is 1. The maximum Gasteiger partial charge on any atom is 0.335 e. The number of aromatic nitrogens is 1. The van der Waals surface area contributed by atoms with Gasteiger partial charge in [0.2, 0.25) is 0 Å². The lowest BCUT2D eigenvalue weighted by molar-refractivity contribution is 0.0695. The van der Waals surface area contributed by atoms with E-state index in [1.807, 2.05) is 6.07 Å². The first-order chi connectivity index (χ1) is 15.2. The van der Waals surface area contributed by atoms with E-state index in [2.05, 4.69) is 4.98 Å². The van der Waals surface area contributed by atoms with E-state index in [0.29, 0.717) is 27.4 Å². The molecule has 0 radical (unpaired) electrons. The van der Waals surface area contributed by atoms with Gasteiger partial charge in [0, 0.05) is 29.5 Å². The molecule has 1 amide bonds. The lowest BCUT2D eigenvalue weighted by atomic mass is 9.95. The first-order valence-electron chi connectivity index (χ1n) is 9.89. The highest BCUT2D eigenvalue weighted by Crippen LogP contribution is 2.28. The van der Waals surface area contributed by atoms with Crippen LogP contribution < -0.4 is 0 Å². The molecule has 7 heteroatoms. The number of carboxylic acid groups (broad SMARTS) is 1.